The molecule has 1 aromatic rings. The summed E-state index contributed by atoms with van der Waals surface area (Å²) in [6, 6.07) is -0.147. The van der Waals surface area contributed by atoms with Crippen molar-refractivity contribution in [1.29, 1.82) is 0 Å². The molecule has 1 unspecified atom stereocenters. The number of anilines is 1. The Hall–Kier alpha value is -1.38. The molecule has 154 valence electrons. The lowest BCUT2D eigenvalue weighted by atomic mass is 9.88. The van der Waals surface area contributed by atoms with Crippen LogP contribution in [0.1, 0.15) is 76.1 Å². The van der Waals surface area contributed by atoms with Gasteiger partial charge in [-0.3, -0.25) is 9.69 Å². The van der Waals surface area contributed by atoms with Gasteiger partial charge in [0.15, 0.2) is 5.82 Å². The average Bonchev–Trinajstić information content (AvgIpc) is 3.07. The number of nitrogens with zero attached hydrogens (tertiary/aromatic N) is 3. The van der Waals surface area contributed by atoms with Gasteiger partial charge in [-0.2, -0.15) is 0 Å². The van der Waals surface area contributed by atoms with Crippen LogP contribution in [0, 0.1) is 11.8 Å². The van der Waals surface area contributed by atoms with Crippen LogP contribution in [0.3, 0.4) is 0 Å². The number of hydrogen-bond donors (Lipinski definition) is 1. The minimum Gasteiger partial charge on any atom is -0.477 e. The van der Waals surface area contributed by atoms with Crippen molar-refractivity contribution in [3.05, 3.63) is 17.8 Å². The van der Waals surface area contributed by atoms with Crippen LogP contribution in [0.5, 0.6) is 0 Å². The molecule has 0 bridgehead atoms. The molecule has 0 spiro atoms. The number of aromatic carboxylic acids is 1. The fourth-order valence-electron chi connectivity index (χ4n) is 4.10. The molecular formula is C21H30IN3O3. The number of allylic oxidation sites excluding steroid dienone is 2. The molecule has 1 N–H and O–H groups in total. The summed E-state index contributed by atoms with van der Waals surface area (Å²) >= 11 is 2.45. The molecule has 1 aromatic heterocycles. The van der Waals surface area contributed by atoms with Crippen LogP contribution < -0.4 is 4.90 Å². The molecule has 1 amide bonds. The minimum absolute atomic E-state index is 0.0114. The second-order valence-electron chi connectivity index (χ2n) is 8.44. The molecule has 2 aliphatic carbocycles. The van der Waals surface area contributed by atoms with E-state index < -0.39 is 5.97 Å². The summed E-state index contributed by atoms with van der Waals surface area (Å²) in [6.07, 6.45) is 10.4. The number of carboxylic acids is 1. The zero-order chi connectivity index (χ0) is 20.4. The quantitative estimate of drug-likeness (QED) is 0.458. The lowest BCUT2D eigenvalue weighted by molar-refractivity contribution is -0.123. The van der Waals surface area contributed by atoms with Crippen LogP contribution in [0.2, 0.25) is 0 Å². The maximum absolute atomic E-state index is 13.3. The molecule has 1 atom stereocenters. The van der Waals surface area contributed by atoms with Crippen molar-refractivity contribution < 1.29 is 14.7 Å². The first-order chi connectivity index (χ1) is 13.3. The number of alkyl halides is 1. The highest BCUT2D eigenvalue weighted by Crippen LogP contribution is 2.34. The first-order valence-electron chi connectivity index (χ1n) is 10.3. The summed E-state index contributed by atoms with van der Waals surface area (Å²) in [5, 5.41) is 14.4. The Balaban J connectivity index is 1.93. The summed E-state index contributed by atoms with van der Waals surface area (Å²) in [7, 11) is 0. The van der Waals surface area contributed by atoms with E-state index in [1.807, 2.05) is 13.8 Å². The summed E-state index contributed by atoms with van der Waals surface area (Å²) < 4.78 is 2.30. The molecule has 0 aliphatic heterocycles. The van der Waals surface area contributed by atoms with Gasteiger partial charge in [0.25, 0.3) is 0 Å². The second kappa shape index (κ2) is 8.97. The van der Waals surface area contributed by atoms with E-state index in [1.54, 1.807) is 15.8 Å². The molecule has 1 saturated carbocycles. The van der Waals surface area contributed by atoms with E-state index in [9.17, 15) is 14.7 Å². The molecule has 28 heavy (non-hydrogen) atoms. The van der Waals surface area contributed by atoms with Gasteiger partial charge in [-0.25, -0.2) is 9.48 Å². The van der Waals surface area contributed by atoms with E-state index in [2.05, 4.69) is 40.7 Å². The molecular weight excluding hydrogens is 469 g/mol. The van der Waals surface area contributed by atoms with Gasteiger partial charge in [-0.15, -0.1) is 5.10 Å². The number of carbonyl (C=O) groups excluding carboxylic acids is 1. The van der Waals surface area contributed by atoms with Crippen LogP contribution in [0.25, 0.3) is 5.70 Å². The highest BCUT2D eigenvalue weighted by molar-refractivity contribution is 14.1. The third-order valence-electron chi connectivity index (χ3n) is 5.86. The minimum atomic E-state index is -1.04. The van der Waals surface area contributed by atoms with Gasteiger partial charge in [-0.05, 0) is 64.7 Å². The molecule has 1 heterocycles. The van der Waals surface area contributed by atoms with Gasteiger partial charge in [-0.1, -0.05) is 35.6 Å². The molecule has 0 aromatic carbocycles. The topological polar surface area (TPSA) is 75.4 Å². The zero-order valence-corrected chi connectivity index (χ0v) is 19.1. The Morgan fingerprint density at radius 1 is 1.25 bits per heavy atom. The van der Waals surface area contributed by atoms with Crippen molar-refractivity contribution in [3.8, 4) is 0 Å². The van der Waals surface area contributed by atoms with E-state index in [0.29, 0.717) is 9.84 Å². The van der Waals surface area contributed by atoms with Gasteiger partial charge in [0.2, 0.25) is 5.91 Å². The van der Waals surface area contributed by atoms with E-state index in [1.165, 1.54) is 0 Å². The van der Waals surface area contributed by atoms with E-state index in [4.69, 9.17) is 0 Å². The Labute approximate surface area is 180 Å². The van der Waals surface area contributed by atoms with Crippen LogP contribution in [0.4, 0.5) is 5.82 Å². The lowest BCUT2D eigenvalue weighted by Gasteiger charge is -2.32. The highest BCUT2D eigenvalue weighted by Gasteiger charge is 2.34. The van der Waals surface area contributed by atoms with Gasteiger partial charge < -0.3 is 5.11 Å². The number of rotatable bonds is 5. The maximum atomic E-state index is 13.3. The molecule has 6 nitrogen and oxygen atoms in total. The van der Waals surface area contributed by atoms with E-state index >= 15 is 0 Å². The number of aromatic nitrogens is 2. The third kappa shape index (κ3) is 4.60. The number of carboxylic acid groups (broad SMARTS) is 1. The standard InChI is InChI=1S/C21H30IN3O3/c1-13(2)25(20(26)15-6-8-16(22)9-7-15)19-18(21(27)28)12-24(23-19)17-10-4-14(3)5-11-17/h10,12-16H,4-9,11H2,1-3H3,(H,27,28). The fraction of sp³-hybridized carbons (Fsp3) is 0.667. The van der Waals surface area contributed by atoms with Gasteiger partial charge in [0.05, 0.1) is 0 Å². The van der Waals surface area contributed by atoms with Gasteiger partial charge in [0, 0.05) is 27.8 Å². The Morgan fingerprint density at radius 3 is 2.46 bits per heavy atom. The number of hydrogen-bond acceptors (Lipinski definition) is 3. The van der Waals surface area contributed by atoms with Crippen molar-refractivity contribution in [3.63, 3.8) is 0 Å². The molecule has 2 aliphatic rings. The molecule has 0 saturated heterocycles. The van der Waals surface area contributed by atoms with Gasteiger partial charge >= 0.3 is 5.97 Å². The van der Waals surface area contributed by atoms with Crippen LogP contribution in [-0.4, -0.2) is 36.7 Å². The lowest BCUT2D eigenvalue weighted by Crippen LogP contribution is -2.43. The summed E-state index contributed by atoms with van der Waals surface area (Å²) in [6.45, 7) is 6.07. The van der Waals surface area contributed by atoms with Crippen LogP contribution in [0.15, 0.2) is 12.3 Å². The van der Waals surface area contributed by atoms with E-state index in [0.717, 1.165) is 50.6 Å². The van der Waals surface area contributed by atoms with Crippen molar-refractivity contribution in [1.82, 2.24) is 9.78 Å². The molecule has 1 fully saturated rings. The molecule has 3 rings (SSSR count). The highest BCUT2D eigenvalue weighted by atomic mass is 127. The molecule has 0 radical (unpaired) electrons. The SMILES string of the molecule is CC1CC=C(n2cc(C(=O)O)c(N(C(=O)C3CCC(I)CC3)C(C)C)n2)CC1. The Bertz CT molecular complexity index is 763. The Morgan fingerprint density at radius 2 is 1.93 bits per heavy atom. The van der Waals surface area contributed by atoms with Crippen molar-refractivity contribution in [2.24, 2.45) is 11.8 Å². The number of halogens is 1. The summed E-state index contributed by atoms with van der Waals surface area (Å²) in [5.74, 6) is -0.157. The maximum Gasteiger partial charge on any atom is 0.341 e. The molecule has 7 heteroatoms. The summed E-state index contributed by atoms with van der Waals surface area (Å²) in [4.78, 5) is 26.9. The van der Waals surface area contributed by atoms with Crippen molar-refractivity contribution in [2.75, 3.05) is 4.90 Å². The van der Waals surface area contributed by atoms with E-state index in [-0.39, 0.29) is 29.2 Å². The predicted octanol–water partition coefficient (Wildman–Crippen LogP) is 4.98. The first-order valence-corrected chi connectivity index (χ1v) is 11.5. The predicted molar refractivity (Wildman–Crippen MR) is 119 cm³/mol. The smallest absolute Gasteiger partial charge is 0.341 e. The average molecular weight is 499 g/mol. The first kappa shape index (κ1) is 21.3. The normalized spacial score (nSPS) is 25.5. The number of carbonyl (C=O) groups is 2. The summed E-state index contributed by atoms with van der Waals surface area (Å²) in [5.41, 5.74) is 1.12. The third-order valence-corrected chi connectivity index (χ3v) is 7.10. The fourth-order valence-corrected chi connectivity index (χ4v) is 4.82. The number of amides is 1. The van der Waals surface area contributed by atoms with Crippen LogP contribution >= 0.6 is 22.6 Å². The zero-order valence-electron chi connectivity index (χ0n) is 16.9. The monoisotopic (exact) mass is 499 g/mol. The largest absolute Gasteiger partial charge is 0.477 e. The van der Waals surface area contributed by atoms with Crippen LogP contribution in [-0.2, 0) is 4.79 Å². The van der Waals surface area contributed by atoms with Crippen molar-refractivity contribution >= 4 is 46.0 Å². The second-order valence-corrected chi connectivity index (χ2v) is 10.2. The van der Waals surface area contributed by atoms with Crippen molar-refractivity contribution in [2.45, 2.75) is 75.7 Å². The Kier molecular flexibility index (Phi) is 6.83. The van der Waals surface area contributed by atoms with Gasteiger partial charge in [0.1, 0.15) is 5.56 Å².